The number of nitrogens with zero attached hydrogens (tertiary/aromatic N) is 1. The summed E-state index contributed by atoms with van der Waals surface area (Å²) in [7, 11) is 0. The number of hydrogen-bond donors (Lipinski definition) is 1. The summed E-state index contributed by atoms with van der Waals surface area (Å²) in [5.74, 6) is 0.926. The van der Waals surface area contributed by atoms with Crippen molar-refractivity contribution in [2.24, 2.45) is 5.73 Å². The number of thiazole rings is 1. The molecule has 1 aromatic carbocycles. The zero-order valence-electron chi connectivity index (χ0n) is 13.3. The van der Waals surface area contributed by atoms with E-state index >= 15 is 0 Å². The maximum Gasteiger partial charge on any atom is 0.140 e. The molecule has 0 aliphatic carbocycles. The lowest BCUT2D eigenvalue weighted by Crippen LogP contribution is -2.05. The molecule has 0 spiro atoms. The molecule has 21 heavy (non-hydrogen) atoms. The summed E-state index contributed by atoms with van der Waals surface area (Å²) < 4.78 is 5.91. The number of nitrogens with two attached hydrogens (primary N) is 1. The number of aromatic nitrogens is 1. The standard InChI is InChI=1S/C17H24N2OS/c1-5-6-14-17(13(4)18)21-16(19-14)10-20-15-8-7-11(2)9-12(15)3/h7-9,13H,5-6,10,18H2,1-4H3. The van der Waals surface area contributed by atoms with E-state index in [9.17, 15) is 0 Å². The summed E-state index contributed by atoms with van der Waals surface area (Å²) in [6, 6.07) is 6.27. The summed E-state index contributed by atoms with van der Waals surface area (Å²) in [4.78, 5) is 5.89. The largest absolute Gasteiger partial charge is 0.486 e. The minimum absolute atomic E-state index is 0.0407. The number of ether oxygens (including phenoxy) is 1. The van der Waals surface area contributed by atoms with Crippen LogP contribution in [0.25, 0.3) is 0 Å². The minimum Gasteiger partial charge on any atom is -0.486 e. The fourth-order valence-electron chi connectivity index (χ4n) is 2.35. The highest BCUT2D eigenvalue weighted by Crippen LogP contribution is 2.27. The van der Waals surface area contributed by atoms with E-state index < -0.39 is 0 Å². The highest BCUT2D eigenvalue weighted by Gasteiger charge is 2.14. The van der Waals surface area contributed by atoms with Crippen LogP contribution in [0.15, 0.2) is 18.2 Å². The van der Waals surface area contributed by atoms with Crippen molar-refractivity contribution < 1.29 is 4.74 Å². The summed E-state index contributed by atoms with van der Waals surface area (Å²) in [5, 5.41) is 1.01. The van der Waals surface area contributed by atoms with Crippen molar-refractivity contribution >= 4 is 11.3 Å². The van der Waals surface area contributed by atoms with Crippen LogP contribution in [-0.2, 0) is 13.0 Å². The van der Waals surface area contributed by atoms with Gasteiger partial charge in [0.2, 0.25) is 0 Å². The van der Waals surface area contributed by atoms with Crippen LogP contribution in [0.3, 0.4) is 0 Å². The predicted octanol–water partition coefficient (Wildman–Crippen LogP) is 4.31. The Kier molecular flexibility index (Phi) is 5.37. The molecule has 114 valence electrons. The van der Waals surface area contributed by atoms with Crippen LogP contribution < -0.4 is 10.5 Å². The molecule has 1 unspecified atom stereocenters. The van der Waals surface area contributed by atoms with Gasteiger partial charge in [-0.2, -0.15) is 0 Å². The van der Waals surface area contributed by atoms with Gasteiger partial charge in [-0.3, -0.25) is 0 Å². The molecular weight excluding hydrogens is 280 g/mol. The molecule has 0 aliphatic rings. The summed E-state index contributed by atoms with van der Waals surface area (Å²) in [6.45, 7) is 8.85. The molecule has 2 aromatic rings. The van der Waals surface area contributed by atoms with Gasteiger partial charge < -0.3 is 10.5 Å². The zero-order valence-corrected chi connectivity index (χ0v) is 14.1. The first-order valence-corrected chi connectivity index (χ1v) is 8.27. The Morgan fingerprint density at radius 2 is 2.10 bits per heavy atom. The molecule has 2 N–H and O–H groups in total. The highest BCUT2D eigenvalue weighted by molar-refractivity contribution is 7.11. The van der Waals surface area contributed by atoms with Gasteiger partial charge in [-0.05, 0) is 38.8 Å². The second kappa shape index (κ2) is 7.05. The third-order valence-corrected chi connectivity index (χ3v) is 4.63. The Labute approximate surface area is 131 Å². The molecule has 2 rings (SSSR count). The van der Waals surface area contributed by atoms with Crippen molar-refractivity contribution in [2.75, 3.05) is 0 Å². The maximum atomic E-state index is 6.04. The number of rotatable bonds is 6. The second-order valence-corrected chi connectivity index (χ2v) is 6.63. The molecule has 0 radical (unpaired) electrons. The molecule has 1 atom stereocenters. The third kappa shape index (κ3) is 4.05. The van der Waals surface area contributed by atoms with Gasteiger partial charge in [0, 0.05) is 10.9 Å². The average Bonchev–Trinajstić information content (AvgIpc) is 2.81. The first-order valence-electron chi connectivity index (χ1n) is 7.45. The Bertz CT molecular complexity index is 605. The molecule has 0 aliphatic heterocycles. The average molecular weight is 304 g/mol. The minimum atomic E-state index is 0.0407. The van der Waals surface area contributed by atoms with Crippen LogP contribution in [0.2, 0.25) is 0 Å². The Balaban J connectivity index is 2.11. The van der Waals surface area contributed by atoms with Crippen molar-refractivity contribution in [3.8, 4) is 5.75 Å². The first-order chi connectivity index (χ1) is 10.0. The van der Waals surface area contributed by atoms with Gasteiger partial charge in [-0.1, -0.05) is 31.0 Å². The molecule has 0 fully saturated rings. The van der Waals surface area contributed by atoms with Gasteiger partial charge in [0.1, 0.15) is 17.4 Å². The van der Waals surface area contributed by atoms with E-state index in [1.165, 1.54) is 10.4 Å². The van der Waals surface area contributed by atoms with Crippen molar-refractivity contribution in [3.05, 3.63) is 44.9 Å². The highest BCUT2D eigenvalue weighted by atomic mass is 32.1. The lowest BCUT2D eigenvalue weighted by Gasteiger charge is -2.08. The predicted molar refractivity (Wildman–Crippen MR) is 89.0 cm³/mol. The molecule has 1 heterocycles. The first kappa shape index (κ1) is 16.0. The van der Waals surface area contributed by atoms with Crippen LogP contribution in [0, 0.1) is 13.8 Å². The van der Waals surface area contributed by atoms with Crippen LogP contribution in [0.1, 0.15) is 53.0 Å². The number of benzene rings is 1. The van der Waals surface area contributed by atoms with E-state index in [1.54, 1.807) is 11.3 Å². The van der Waals surface area contributed by atoms with E-state index in [-0.39, 0.29) is 6.04 Å². The molecule has 0 saturated heterocycles. The molecule has 4 heteroatoms. The Morgan fingerprint density at radius 1 is 1.33 bits per heavy atom. The second-order valence-electron chi connectivity index (χ2n) is 5.51. The van der Waals surface area contributed by atoms with E-state index in [4.69, 9.17) is 15.5 Å². The van der Waals surface area contributed by atoms with Gasteiger partial charge in [-0.25, -0.2) is 4.98 Å². The van der Waals surface area contributed by atoms with Crippen molar-refractivity contribution in [2.45, 2.75) is 53.2 Å². The maximum absolute atomic E-state index is 6.04. The fraction of sp³-hybridized carbons (Fsp3) is 0.471. The summed E-state index contributed by atoms with van der Waals surface area (Å²) in [5.41, 5.74) is 9.58. The van der Waals surface area contributed by atoms with Crippen LogP contribution >= 0.6 is 11.3 Å². The molecule has 1 aromatic heterocycles. The topological polar surface area (TPSA) is 48.1 Å². The lowest BCUT2D eigenvalue weighted by atomic mass is 10.1. The molecule has 3 nitrogen and oxygen atoms in total. The van der Waals surface area contributed by atoms with Gasteiger partial charge in [0.25, 0.3) is 0 Å². The van der Waals surface area contributed by atoms with Crippen LogP contribution in [0.5, 0.6) is 5.75 Å². The SMILES string of the molecule is CCCc1nc(COc2ccc(C)cc2C)sc1C(C)N. The summed E-state index contributed by atoms with van der Waals surface area (Å²) >= 11 is 1.67. The Hall–Kier alpha value is -1.39. The monoisotopic (exact) mass is 304 g/mol. The van der Waals surface area contributed by atoms with E-state index in [2.05, 4.69) is 32.9 Å². The fourth-order valence-corrected chi connectivity index (χ4v) is 3.33. The van der Waals surface area contributed by atoms with Gasteiger partial charge in [0.05, 0.1) is 5.69 Å². The zero-order chi connectivity index (χ0) is 15.4. The molecular formula is C17H24N2OS. The van der Waals surface area contributed by atoms with E-state index in [0.29, 0.717) is 6.61 Å². The van der Waals surface area contributed by atoms with E-state index in [1.807, 2.05) is 13.0 Å². The van der Waals surface area contributed by atoms with Crippen molar-refractivity contribution in [3.63, 3.8) is 0 Å². The third-order valence-electron chi connectivity index (χ3n) is 3.35. The van der Waals surface area contributed by atoms with Gasteiger partial charge in [-0.15, -0.1) is 11.3 Å². The van der Waals surface area contributed by atoms with E-state index in [0.717, 1.165) is 34.9 Å². The number of hydrogen-bond acceptors (Lipinski definition) is 4. The normalized spacial score (nSPS) is 12.4. The summed E-state index contributed by atoms with van der Waals surface area (Å²) in [6.07, 6.45) is 2.07. The number of aryl methyl sites for hydroxylation is 3. The quantitative estimate of drug-likeness (QED) is 0.865. The lowest BCUT2D eigenvalue weighted by molar-refractivity contribution is 0.303. The van der Waals surface area contributed by atoms with Crippen LogP contribution in [0.4, 0.5) is 0 Å². The molecule has 0 bridgehead atoms. The Morgan fingerprint density at radius 3 is 2.71 bits per heavy atom. The smallest absolute Gasteiger partial charge is 0.140 e. The van der Waals surface area contributed by atoms with Gasteiger partial charge >= 0.3 is 0 Å². The van der Waals surface area contributed by atoms with Crippen molar-refractivity contribution in [1.29, 1.82) is 0 Å². The molecule has 0 saturated carbocycles. The van der Waals surface area contributed by atoms with Gasteiger partial charge in [0.15, 0.2) is 0 Å². The van der Waals surface area contributed by atoms with Crippen LogP contribution in [-0.4, -0.2) is 4.98 Å². The molecule has 0 amide bonds. The van der Waals surface area contributed by atoms with Crippen molar-refractivity contribution in [1.82, 2.24) is 4.98 Å².